The SMILES string of the molecule is Cl.Cl.Cl.N[C@H]1CC[C@H](Nc2nc(NCCNCc3ccc(OC(F)(F)F)cc3)c3ncn(C4CCCC4)c3n2)CC1. The Labute approximate surface area is 256 Å². The van der Waals surface area contributed by atoms with Crippen molar-refractivity contribution in [3.05, 3.63) is 36.2 Å². The van der Waals surface area contributed by atoms with E-state index in [2.05, 4.69) is 30.2 Å². The van der Waals surface area contributed by atoms with Gasteiger partial charge in [-0.15, -0.1) is 50.4 Å². The molecule has 0 radical (unpaired) electrons. The first-order valence-electron chi connectivity index (χ1n) is 13.4. The van der Waals surface area contributed by atoms with E-state index in [1.54, 1.807) is 12.1 Å². The number of halogens is 6. The highest BCUT2D eigenvalue weighted by Crippen LogP contribution is 2.33. The summed E-state index contributed by atoms with van der Waals surface area (Å²) >= 11 is 0. The fourth-order valence-electron chi connectivity index (χ4n) is 5.31. The van der Waals surface area contributed by atoms with Crippen LogP contribution in [0.3, 0.4) is 0 Å². The zero-order chi connectivity index (χ0) is 26.5. The molecular formula is C26H38Cl3F3N8O. The second kappa shape index (κ2) is 15.8. The number of aromatic nitrogens is 4. The average Bonchev–Trinajstić information content (AvgIpc) is 3.55. The normalized spacial score (nSPS) is 19.1. The van der Waals surface area contributed by atoms with Gasteiger partial charge in [-0.05, 0) is 56.2 Å². The van der Waals surface area contributed by atoms with E-state index in [-0.39, 0.29) is 49.0 Å². The molecule has 0 spiro atoms. The molecule has 0 saturated heterocycles. The van der Waals surface area contributed by atoms with Crippen molar-refractivity contribution in [3.63, 3.8) is 0 Å². The molecule has 2 saturated carbocycles. The monoisotopic (exact) mass is 640 g/mol. The molecule has 2 heterocycles. The highest BCUT2D eigenvalue weighted by atomic mass is 35.5. The number of hydrogen-bond acceptors (Lipinski definition) is 8. The minimum absolute atomic E-state index is 0. The van der Waals surface area contributed by atoms with Crippen molar-refractivity contribution in [3.8, 4) is 5.75 Å². The second-order valence-electron chi connectivity index (χ2n) is 10.2. The number of alkyl halides is 3. The summed E-state index contributed by atoms with van der Waals surface area (Å²) in [5, 5.41) is 10.2. The third kappa shape index (κ3) is 9.64. The average molecular weight is 642 g/mol. The number of nitrogens with zero attached hydrogens (tertiary/aromatic N) is 4. The minimum Gasteiger partial charge on any atom is -0.406 e. The Morgan fingerprint density at radius 2 is 1.61 bits per heavy atom. The molecule has 0 unspecified atom stereocenters. The Balaban J connectivity index is 0.00000196. The molecule has 1 aromatic carbocycles. The zero-order valence-corrected chi connectivity index (χ0v) is 25.0. The Kier molecular flexibility index (Phi) is 13.5. The molecule has 3 aromatic rings. The molecule has 9 nitrogen and oxygen atoms in total. The zero-order valence-electron chi connectivity index (χ0n) is 22.5. The van der Waals surface area contributed by atoms with Crippen LogP contribution in [-0.4, -0.2) is 51.1 Å². The van der Waals surface area contributed by atoms with E-state index in [0.29, 0.717) is 43.5 Å². The summed E-state index contributed by atoms with van der Waals surface area (Å²) in [7, 11) is 0. The molecule has 0 bridgehead atoms. The first-order valence-corrected chi connectivity index (χ1v) is 13.4. The lowest BCUT2D eigenvalue weighted by Gasteiger charge is -2.27. The Morgan fingerprint density at radius 1 is 0.927 bits per heavy atom. The van der Waals surface area contributed by atoms with Gasteiger partial charge in [0.05, 0.1) is 6.33 Å². The lowest BCUT2D eigenvalue weighted by Crippen LogP contribution is -2.33. The third-order valence-corrected chi connectivity index (χ3v) is 7.32. The maximum atomic E-state index is 12.3. The van der Waals surface area contributed by atoms with E-state index in [1.165, 1.54) is 25.0 Å². The van der Waals surface area contributed by atoms with Gasteiger partial charge in [-0.1, -0.05) is 25.0 Å². The molecule has 15 heteroatoms. The van der Waals surface area contributed by atoms with E-state index in [4.69, 9.17) is 15.7 Å². The molecule has 5 rings (SSSR count). The number of benzene rings is 1. The van der Waals surface area contributed by atoms with Crippen LogP contribution in [0.25, 0.3) is 11.2 Å². The van der Waals surface area contributed by atoms with Crippen LogP contribution in [0, 0.1) is 0 Å². The Hall–Kier alpha value is -2.25. The number of hydrogen-bond donors (Lipinski definition) is 4. The molecule has 0 amide bonds. The van der Waals surface area contributed by atoms with E-state index in [0.717, 1.165) is 55.3 Å². The number of rotatable bonds is 10. The van der Waals surface area contributed by atoms with Crippen molar-refractivity contribution in [2.24, 2.45) is 5.73 Å². The lowest BCUT2D eigenvalue weighted by molar-refractivity contribution is -0.274. The summed E-state index contributed by atoms with van der Waals surface area (Å²) in [5.74, 6) is 1.07. The van der Waals surface area contributed by atoms with Crippen LogP contribution < -0.4 is 26.4 Å². The van der Waals surface area contributed by atoms with E-state index < -0.39 is 6.36 Å². The van der Waals surface area contributed by atoms with E-state index >= 15 is 0 Å². The molecule has 2 fully saturated rings. The Bertz CT molecular complexity index is 1200. The molecule has 230 valence electrons. The summed E-state index contributed by atoms with van der Waals surface area (Å²) in [6, 6.07) is 6.85. The van der Waals surface area contributed by atoms with Gasteiger partial charge in [0.15, 0.2) is 17.0 Å². The van der Waals surface area contributed by atoms with Gasteiger partial charge in [-0.3, -0.25) is 0 Å². The molecule has 41 heavy (non-hydrogen) atoms. The first-order chi connectivity index (χ1) is 18.3. The van der Waals surface area contributed by atoms with Crippen molar-refractivity contribution in [1.82, 2.24) is 24.8 Å². The van der Waals surface area contributed by atoms with Crippen molar-refractivity contribution in [1.29, 1.82) is 0 Å². The van der Waals surface area contributed by atoms with Crippen molar-refractivity contribution >= 4 is 60.2 Å². The van der Waals surface area contributed by atoms with Crippen LogP contribution >= 0.6 is 37.2 Å². The first kappa shape index (κ1) is 34.9. The molecule has 5 N–H and O–H groups in total. The smallest absolute Gasteiger partial charge is 0.406 e. The number of imidazole rings is 1. The topological polar surface area (TPSA) is 115 Å². The summed E-state index contributed by atoms with van der Waals surface area (Å²) in [6.07, 6.45) is 5.89. The maximum Gasteiger partial charge on any atom is 0.573 e. The molecule has 0 atom stereocenters. The third-order valence-electron chi connectivity index (χ3n) is 7.32. The number of anilines is 2. The summed E-state index contributed by atoms with van der Waals surface area (Å²) in [5.41, 5.74) is 8.54. The molecular weight excluding hydrogens is 604 g/mol. The Morgan fingerprint density at radius 3 is 2.27 bits per heavy atom. The van der Waals surface area contributed by atoms with Crippen LogP contribution in [0.1, 0.15) is 63.0 Å². The van der Waals surface area contributed by atoms with Crippen LogP contribution in [0.5, 0.6) is 5.75 Å². The number of nitrogens with two attached hydrogens (primary N) is 1. The van der Waals surface area contributed by atoms with Gasteiger partial charge in [-0.2, -0.15) is 9.97 Å². The van der Waals surface area contributed by atoms with E-state index in [1.807, 2.05) is 6.33 Å². The van der Waals surface area contributed by atoms with Crippen molar-refractivity contribution in [2.75, 3.05) is 23.7 Å². The van der Waals surface area contributed by atoms with Gasteiger partial charge in [0, 0.05) is 37.8 Å². The standard InChI is InChI=1S/C26H35F3N8O.3ClH/c27-26(28,29)38-21-11-5-17(6-12-21)15-31-13-14-32-23-22-24(37(16-33-22)20-3-1-2-4-20)36-25(35-23)34-19-9-7-18(30)8-10-19;;;/h5-6,11-12,16,18-20,31H,1-4,7-10,13-15,30H2,(H2,32,34,35,36);3*1H/t18-,19-;;;. The van der Waals surface area contributed by atoms with Crippen molar-refractivity contribution < 1.29 is 17.9 Å². The second-order valence-corrected chi connectivity index (χ2v) is 10.2. The largest absolute Gasteiger partial charge is 0.573 e. The maximum absolute atomic E-state index is 12.3. The van der Waals surface area contributed by atoms with Crippen LogP contribution in [0.4, 0.5) is 24.9 Å². The van der Waals surface area contributed by atoms with Gasteiger partial charge in [-0.25, -0.2) is 4.98 Å². The number of ether oxygens (including phenoxy) is 1. The minimum atomic E-state index is -4.69. The van der Waals surface area contributed by atoms with Gasteiger partial charge in [0.1, 0.15) is 5.75 Å². The van der Waals surface area contributed by atoms with Crippen LogP contribution in [0.2, 0.25) is 0 Å². The van der Waals surface area contributed by atoms with E-state index in [9.17, 15) is 13.2 Å². The molecule has 2 aliphatic carbocycles. The van der Waals surface area contributed by atoms with Crippen LogP contribution in [0.15, 0.2) is 30.6 Å². The summed E-state index contributed by atoms with van der Waals surface area (Å²) in [6.45, 7) is 1.73. The van der Waals surface area contributed by atoms with Gasteiger partial charge in [0.25, 0.3) is 0 Å². The molecule has 0 aliphatic heterocycles. The highest BCUT2D eigenvalue weighted by Gasteiger charge is 2.31. The van der Waals surface area contributed by atoms with Gasteiger partial charge in [0.2, 0.25) is 5.95 Å². The van der Waals surface area contributed by atoms with Gasteiger partial charge >= 0.3 is 6.36 Å². The fraction of sp³-hybridized carbons (Fsp3) is 0.577. The number of nitrogens with one attached hydrogen (secondary N) is 3. The highest BCUT2D eigenvalue weighted by molar-refractivity contribution is 5.86. The van der Waals surface area contributed by atoms with Gasteiger partial charge < -0.3 is 31.0 Å². The lowest BCUT2D eigenvalue weighted by atomic mass is 9.92. The summed E-state index contributed by atoms with van der Waals surface area (Å²) in [4.78, 5) is 14.3. The van der Waals surface area contributed by atoms with Crippen molar-refractivity contribution in [2.45, 2.75) is 82.4 Å². The van der Waals surface area contributed by atoms with Crippen LogP contribution in [-0.2, 0) is 6.54 Å². The molecule has 2 aromatic heterocycles. The predicted octanol–water partition coefficient (Wildman–Crippen LogP) is 5.99. The number of fused-ring (bicyclic) bond motifs is 1. The summed E-state index contributed by atoms with van der Waals surface area (Å²) < 4.78 is 43.1. The quantitative estimate of drug-likeness (QED) is 0.200. The predicted molar refractivity (Wildman–Crippen MR) is 162 cm³/mol. The fourth-order valence-corrected chi connectivity index (χ4v) is 5.31. The molecule has 2 aliphatic rings.